The Morgan fingerprint density at radius 1 is 1.07 bits per heavy atom. The van der Waals surface area contributed by atoms with Crippen molar-refractivity contribution in [1.29, 1.82) is 0 Å². The van der Waals surface area contributed by atoms with E-state index in [0.29, 0.717) is 28.0 Å². The van der Waals surface area contributed by atoms with E-state index >= 15 is 0 Å². The minimum absolute atomic E-state index is 0.0346. The van der Waals surface area contributed by atoms with E-state index in [1.807, 2.05) is 0 Å². The van der Waals surface area contributed by atoms with Gasteiger partial charge in [-0.1, -0.05) is 17.7 Å². The van der Waals surface area contributed by atoms with Crippen LogP contribution < -0.4 is 10.5 Å². The molecule has 1 spiro atoms. The van der Waals surface area contributed by atoms with E-state index in [1.165, 1.54) is 12.1 Å². The molecule has 1 aromatic carbocycles. The second-order valence-electron chi connectivity index (χ2n) is 6.42. The van der Waals surface area contributed by atoms with Gasteiger partial charge in [-0.3, -0.25) is 4.98 Å². The lowest BCUT2D eigenvalue weighted by atomic mass is 9.81. The molecule has 28 heavy (non-hydrogen) atoms. The summed E-state index contributed by atoms with van der Waals surface area (Å²) < 4.78 is 39.2. The second-order valence-corrected chi connectivity index (χ2v) is 6.80. The average molecular weight is 401 g/mol. The molecule has 0 fully saturated rings. The normalized spacial score (nSPS) is 19.5. The highest BCUT2D eigenvalue weighted by molar-refractivity contribution is 6.29. The largest absolute Gasteiger partial charge is 0.462 e. The lowest BCUT2D eigenvalue weighted by molar-refractivity contribution is 0.261. The van der Waals surface area contributed by atoms with Crippen LogP contribution in [0.4, 0.5) is 8.78 Å². The van der Waals surface area contributed by atoms with Gasteiger partial charge in [-0.05, 0) is 29.8 Å². The Labute approximate surface area is 162 Å². The molecule has 4 heterocycles. The number of ether oxygens (including phenoxy) is 2. The Morgan fingerprint density at radius 2 is 1.93 bits per heavy atom. The molecule has 0 bridgehead atoms. The van der Waals surface area contributed by atoms with E-state index in [0.717, 1.165) is 6.20 Å². The summed E-state index contributed by atoms with van der Waals surface area (Å²) in [6, 6.07) is 7.94. The standard InChI is InChI=1S/C19H11ClF2N4O2/c20-15-5-13-16(17(22)25-15)28-14-2-1-9(10-3-11(21)7-24-6-10)4-12(14)19(13)8-27-18(23)26-19/h1-7H,8H2,(H2,23,26). The minimum atomic E-state index is -1.16. The van der Waals surface area contributed by atoms with Gasteiger partial charge in [0, 0.05) is 22.9 Å². The molecule has 9 heteroatoms. The lowest BCUT2D eigenvalue weighted by Crippen LogP contribution is -2.31. The van der Waals surface area contributed by atoms with Gasteiger partial charge < -0.3 is 15.2 Å². The molecule has 2 N–H and O–H groups in total. The first-order valence-corrected chi connectivity index (χ1v) is 8.62. The van der Waals surface area contributed by atoms with Gasteiger partial charge in [0.15, 0.2) is 11.3 Å². The molecule has 6 nitrogen and oxygen atoms in total. The van der Waals surface area contributed by atoms with E-state index < -0.39 is 17.3 Å². The molecule has 0 saturated heterocycles. The summed E-state index contributed by atoms with van der Waals surface area (Å²) in [6.45, 7) is 0.0346. The van der Waals surface area contributed by atoms with Crippen LogP contribution in [0.1, 0.15) is 11.1 Å². The smallest absolute Gasteiger partial charge is 0.283 e. The third kappa shape index (κ3) is 2.41. The SMILES string of the molecule is NC1=NC2(CO1)c1cc(-c3cncc(F)c3)ccc1Oc1c2cc(Cl)nc1F. The fraction of sp³-hybridized carbons (Fsp3) is 0.105. The number of nitrogens with zero attached hydrogens (tertiary/aromatic N) is 3. The molecule has 2 aliphatic heterocycles. The van der Waals surface area contributed by atoms with Crippen LogP contribution >= 0.6 is 11.6 Å². The summed E-state index contributed by atoms with van der Waals surface area (Å²) >= 11 is 5.97. The maximum atomic E-state index is 14.5. The molecular formula is C19H11ClF2N4O2. The van der Waals surface area contributed by atoms with Gasteiger partial charge in [0.2, 0.25) is 0 Å². The zero-order valence-corrected chi connectivity index (χ0v) is 14.9. The summed E-state index contributed by atoms with van der Waals surface area (Å²) in [5, 5.41) is -0.0474. The second kappa shape index (κ2) is 5.87. The van der Waals surface area contributed by atoms with Crippen molar-refractivity contribution in [3.63, 3.8) is 0 Å². The fourth-order valence-corrected chi connectivity index (χ4v) is 3.71. The number of pyridine rings is 2. The Balaban J connectivity index is 1.77. The van der Waals surface area contributed by atoms with Crippen LogP contribution in [0.15, 0.2) is 47.7 Å². The van der Waals surface area contributed by atoms with Crippen molar-refractivity contribution in [3.05, 3.63) is 70.8 Å². The van der Waals surface area contributed by atoms with Crippen LogP contribution in [0.2, 0.25) is 5.15 Å². The third-order valence-electron chi connectivity index (χ3n) is 4.75. The summed E-state index contributed by atoms with van der Waals surface area (Å²) in [5.41, 5.74) is 6.82. The summed E-state index contributed by atoms with van der Waals surface area (Å²) in [6.07, 6.45) is 2.66. The number of rotatable bonds is 1. The predicted molar refractivity (Wildman–Crippen MR) is 97.3 cm³/mol. The van der Waals surface area contributed by atoms with Gasteiger partial charge in [-0.2, -0.15) is 4.39 Å². The highest BCUT2D eigenvalue weighted by Crippen LogP contribution is 2.52. The summed E-state index contributed by atoms with van der Waals surface area (Å²) in [7, 11) is 0. The predicted octanol–water partition coefficient (Wildman–Crippen LogP) is 3.77. The topological polar surface area (TPSA) is 82.6 Å². The number of benzene rings is 1. The Morgan fingerprint density at radius 3 is 2.68 bits per heavy atom. The van der Waals surface area contributed by atoms with Gasteiger partial charge in [-0.15, -0.1) is 0 Å². The van der Waals surface area contributed by atoms with Crippen LogP contribution in [0.3, 0.4) is 0 Å². The van der Waals surface area contributed by atoms with Crippen molar-refractivity contribution in [2.75, 3.05) is 6.61 Å². The molecule has 0 radical (unpaired) electrons. The van der Waals surface area contributed by atoms with Crippen LogP contribution in [0.25, 0.3) is 11.1 Å². The molecule has 0 aliphatic carbocycles. The number of aliphatic imine (C=N–C) groups is 1. The van der Waals surface area contributed by atoms with E-state index in [1.54, 1.807) is 24.4 Å². The Hall–Kier alpha value is -3.26. The monoisotopic (exact) mass is 400 g/mol. The molecule has 5 rings (SSSR count). The van der Waals surface area contributed by atoms with Crippen molar-refractivity contribution >= 4 is 17.6 Å². The third-order valence-corrected chi connectivity index (χ3v) is 4.94. The molecule has 1 unspecified atom stereocenters. The van der Waals surface area contributed by atoms with Gasteiger partial charge in [0.25, 0.3) is 12.0 Å². The number of nitrogens with two attached hydrogens (primary N) is 1. The molecule has 3 aromatic rings. The van der Waals surface area contributed by atoms with Crippen molar-refractivity contribution < 1.29 is 18.3 Å². The number of amidine groups is 1. The van der Waals surface area contributed by atoms with E-state index in [2.05, 4.69) is 15.0 Å². The highest BCUT2D eigenvalue weighted by Gasteiger charge is 2.48. The van der Waals surface area contributed by atoms with E-state index in [9.17, 15) is 8.78 Å². The Bertz CT molecular complexity index is 1170. The van der Waals surface area contributed by atoms with Gasteiger partial charge >= 0.3 is 0 Å². The van der Waals surface area contributed by atoms with E-state index in [-0.39, 0.29) is 23.5 Å². The van der Waals surface area contributed by atoms with Gasteiger partial charge in [0.05, 0.1) is 6.20 Å². The molecule has 140 valence electrons. The molecule has 1 atom stereocenters. The van der Waals surface area contributed by atoms with Crippen molar-refractivity contribution in [1.82, 2.24) is 9.97 Å². The number of hydrogen-bond donors (Lipinski definition) is 1. The van der Waals surface area contributed by atoms with E-state index in [4.69, 9.17) is 26.8 Å². The Kier molecular flexibility index (Phi) is 3.54. The minimum Gasteiger partial charge on any atom is -0.462 e. The first-order chi connectivity index (χ1) is 13.5. The zero-order chi connectivity index (χ0) is 19.5. The molecule has 0 saturated carbocycles. The summed E-state index contributed by atoms with van der Waals surface area (Å²) in [4.78, 5) is 11.9. The molecule has 2 aliphatic rings. The first kappa shape index (κ1) is 16.9. The lowest BCUT2D eigenvalue weighted by Gasteiger charge is -2.33. The van der Waals surface area contributed by atoms with Crippen LogP contribution in [-0.4, -0.2) is 22.6 Å². The van der Waals surface area contributed by atoms with Crippen LogP contribution in [0, 0.1) is 11.8 Å². The number of halogens is 3. The molecule has 0 amide bonds. The maximum Gasteiger partial charge on any atom is 0.283 e. The van der Waals surface area contributed by atoms with Gasteiger partial charge in [0.1, 0.15) is 23.3 Å². The maximum absolute atomic E-state index is 14.5. The van der Waals surface area contributed by atoms with Crippen LogP contribution in [-0.2, 0) is 10.3 Å². The number of fused-ring (bicyclic) bond motifs is 4. The van der Waals surface area contributed by atoms with Crippen molar-refractivity contribution in [3.8, 4) is 22.6 Å². The van der Waals surface area contributed by atoms with Crippen molar-refractivity contribution in [2.24, 2.45) is 10.7 Å². The molecule has 2 aromatic heterocycles. The number of aromatic nitrogens is 2. The summed E-state index contributed by atoms with van der Waals surface area (Å²) in [5.74, 6) is -1.03. The van der Waals surface area contributed by atoms with Crippen molar-refractivity contribution in [2.45, 2.75) is 5.54 Å². The number of hydrogen-bond acceptors (Lipinski definition) is 6. The highest BCUT2D eigenvalue weighted by atomic mass is 35.5. The molecular weight excluding hydrogens is 390 g/mol. The van der Waals surface area contributed by atoms with Gasteiger partial charge in [-0.25, -0.2) is 14.4 Å². The van der Waals surface area contributed by atoms with Crippen LogP contribution in [0.5, 0.6) is 11.5 Å². The first-order valence-electron chi connectivity index (χ1n) is 8.24. The fourth-order valence-electron chi connectivity index (χ4n) is 3.53. The average Bonchev–Trinajstić information content (AvgIpc) is 3.05. The quantitative estimate of drug-likeness (QED) is 0.629. The zero-order valence-electron chi connectivity index (χ0n) is 14.1.